The lowest BCUT2D eigenvalue weighted by Gasteiger charge is -2.28. The number of rotatable bonds is 7. The van der Waals surface area contributed by atoms with Crippen molar-refractivity contribution in [2.45, 2.75) is 26.4 Å². The van der Waals surface area contributed by atoms with E-state index in [2.05, 4.69) is 9.50 Å². The van der Waals surface area contributed by atoms with Crippen LogP contribution in [0.4, 0.5) is 18.9 Å². The van der Waals surface area contributed by atoms with Gasteiger partial charge in [0.2, 0.25) is 0 Å². The van der Waals surface area contributed by atoms with Crippen LogP contribution in [-0.2, 0) is 22.6 Å². The summed E-state index contributed by atoms with van der Waals surface area (Å²) in [4.78, 5) is 16.8. The molecule has 0 saturated carbocycles. The summed E-state index contributed by atoms with van der Waals surface area (Å²) >= 11 is 0. The number of hydrogen-bond acceptors (Lipinski definition) is 5. The zero-order chi connectivity index (χ0) is 28.5. The zero-order valence-corrected chi connectivity index (χ0v) is 22.7. The highest BCUT2D eigenvalue weighted by atomic mass is 32.2. The first-order valence-corrected chi connectivity index (χ1v) is 14.0. The van der Waals surface area contributed by atoms with Crippen LogP contribution in [0.25, 0.3) is 5.69 Å². The van der Waals surface area contributed by atoms with Gasteiger partial charge in [0.05, 0.1) is 19.1 Å². The van der Waals surface area contributed by atoms with Crippen molar-refractivity contribution in [2.24, 2.45) is 4.40 Å². The number of ether oxygens (including phenoxy) is 1. The molecule has 0 atom stereocenters. The minimum atomic E-state index is -4.73. The summed E-state index contributed by atoms with van der Waals surface area (Å²) in [6.07, 6.45) is -3.77. The van der Waals surface area contributed by atoms with Crippen LogP contribution in [0.15, 0.2) is 52.9 Å². The SMILES string of the molecule is CCN(CC)/C(=N/S(C)(=O)=O)c1ccc(N2CCc3c(C(F)(F)F)nn(-c4ccc(OC)cc4)c3C2=O)cc1. The Hall–Kier alpha value is -3.87. The van der Waals surface area contributed by atoms with E-state index in [9.17, 15) is 26.4 Å². The molecule has 0 spiro atoms. The summed E-state index contributed by atoms with van der Waals surface area (Å²) in [5, 5.41) is 3.80. The van der Waals surface area contributed by atoms with Gasteiger partial charge in [-0.25, -0.2) is 13.1 Å². The minimum absolute atomic E-state index is 0.0168. The Labute approximate surface area is 224 Å². The maximum absolute atomic E-state index is 13.9. The number of fused-ring (bicyclic) bond motifs is 1. The Morgan fingerprint density at radius 3 is 2.15 bits per heavy atom. The van der Waals surface area contributed by atoms with Gasteiger partial charge >= 0.3 is 6.18 Å². The molecule has 0 unspecified atom stereocenters. The number of benzene rings is 2. The molecule has 0 N–H and O–H groups in total. The molecule has 39 heavy (non-hydrogen) atoms. The number of hydrogen-bond donors (Lipinski definition) is 0. The fourth-order valence-corrected chi connectivity index (χ4v) is 5.04. The van der Waals surface area contributed by atoms with Crippen molar-refractivity contribution in [3.05, 3.63) is 71.0 Å². The Morgan fingerprint density at radius 1 is 1.05 bits per heavy atom. The van der Waals surface area contributed by atoms with E-state index in [1.807, 2.05) is 13.8 Å². The van der Waals surface area contributed by atoms with Crippen LogP contribution in [-0.4, -0.2) is 67.8 Å². The first-order valence-electron chi connectivity index (χ1n) is 12.2. The van der Waals surface area contributed by atoms with Crippen LogP contribution >= 0.6 is 0 Å². The van der Waals surface area contributed by atoms with Crippen molar-refractivity contribution < 1.29 is 31.1 Å². The number of anilines is 1. The Balaban J connectivity index is 1.75. The molecule has 0 fully saturated rings. The maximum atomic E-state index is 13.9. The Kier molecular flexibility index (Phi) is 7.73. The first-order chi connectivity index (χ1) is 18.4. The fourth-order valence-electron chi connectivity index (χ4n) is 4.51. The predicted octanol–water partition coefficient (Wildman–Crippen LogP) is 4.15. The highest BCUT2D eigenvalue weighted by Crippen LogP contribution is 2.37. The molecule has 0 bridgehead atoms. The third-order valence-electron chi connectivity index (χ3n) is 6.35. The Morgan fingerprint density at radius 2 is 1.64 bits per heavy atom. The monoisotopic (exact) mass is 563 g/mol. The lowest BCUT2D eigenvalue weighted by atomic mass is 10.0. The molecule has 3 aromatic rings. The van der Waals surface area contributed by atoms with E-state index < -0.39 is 27.8 Å². The van der Waals surface area contributed by atoms with Gasteiger partial charge in [0.1, 0.15) is 17.3 Å². The largest absolute Gasteiger partial charge is 0.497 e. The zero-order valence-electron chi connectivity index (χ0n) is 21.9. The van der Waals surface area contributed by atoms with Gasteiger partial charge in [-0.3, -0.25) is 4.79 Å². The number of sulfonamides is 1. The second-order valence-electron chi connectivity index (χ2n) is 8.86. The van der Waals surface area contributed by atoms with Crippen molar-refractivity contribution in [3.8, 4) is 11.4 Å². The molecular formula is C26H28F3N5O4S. The molecule has 1 amide bonds. The molecule has 2 heterocycles. The number of nitrogens with zero attached hydrogens (tertiary/aromatic N) is 5. The molecule has 0 aliphatic carbocycles. The second kappa shape index (κ2) is 10.7. The predicted molar refractivity (Wildman–Crippen MR) is 141 cm³/mol. The van der Waals surface area contributed by atoms with E-state index in [-0.39, 0.29) is 35.7 Å². The van der Waals surface area contributed by atoms with Crippen LogP contribution in [0.5, 0.6) is 5.75 Å². The first kappa shape index (κ1) is 28.1. The third kappa shape index (κ3) is 5.77. The van der Waals surface area contributed by atoms with Crippen molar-refractivity contribution >= 4 is 27.5 Å². The molecule has 208 valence electrons. The average Bonchev–Trinajstić information content (AvgIpc) is 3.30. The lowest BCUT2D eigenvalue weighted by Crippen LogP contribution is -2.39. The smallest absolute Gasteiger partial charge is 0.435 e. The number of amides is 1. The average molecular weight is 564 g/mol. The van der Waals surface area contributed by atoms with Gasteiger partial charge in [-0.15, -0.1) is 4.40 Å². The maximum Gasteiger partial charge on any atom is 0.435 e. The fraction of sp³-hybridized carbons (Fsp3) is 0.346. The molecule has 4 rings (SSSR count). The molecule has 1 aliphatic rings. The van der Waals surface area contributed by atoms with E-state index in [4.69, 9.17) is 4.74 Å². The van der Waals surface area contributed by atoms with E-state index in [0.29, 0.717) is 30.1 Å². The molecule has 0 saturated heterocycles. The van der Waals surface area contributed by atoms with Gasteiger partial charge in [-0.2, -0.15) is 18.3 Å². The standard InChI is InChI=1S/C26H28F3N5O4S/c1-5-32(6-2)24(31-39(4,36)37)17-7-9-18(10-8-17)33-16-15-21-22(25(33)35)34(30-23(21)26(27,28)29)19-11-13-20(38-3)14-12-19/h7-14H,5-6,15-16H2,1-4H3/b31-24+. The van der Waals surface area contributed by atoms with Gasteiger partial charge < -0.3 is 14.5 Å². The summed E-state index contributed by atoms with van der Waals surface area (Å²) in [5.74, 6) is 0.151. The van der Waals surface area contributed by atoms with Crippen molar-refractivity contribution in [1.82, 2.24) is 14.7 Å². The number of aromatic nitrogens is 2. The molecule has 9 nitrogen and oxygen atoms in total. The van der Waals surface area contributed by atoms with Crippen molar-refractivity contribution in [2.75, 3.05) is 37.9 Å². The highest BCUT2D eigenvalue weighted by molar-refractivity contribution is 7.89. The lowest BCUT2D eigenvalue weighted by molar-refractivity contribution is -0.141. The number of alkyl halides is 3. The molecule has 2 aromatic carbocycles. The summed E-state index contributed by atoms with van der Waals surface area (Å²) in [6, 6.07) is 12.7. The highest BCUT2D eigenvalue weighted by Gasteiger charge is 2.43. The van der Waals surface area contributed by atoms with Crippen LogP contribution in [0.1, 0.15) is 41.2 Å². The quantitative estimate of drug-likeness (QED) is 0.317. The summed E-state index contributed by atoms with van der Waals surface area (Å²) in [6.45, 7) is 4.82. The number of halogens is 3. The van der Waals surface area contributed by atoms with Crippen molar-refractivity contribution in [3.63, 3.8) is 0 Å². The van der Waals surface area contributed by atoms with E-state index >= 15 is 0 Å². The normalized spacial score (nSPS) is 14.4. The topological polar surface area (TPSA) is 97.1 Å². The van der Waals surface area contributed by atoms with Crippen LogP contribution in [0.2, 0.25) is 0 Å². The van der Waals surface area contributed by atoms with E-state index in [1.54, 1.807) is 41.3 Å². The second-order valence-corrected chi connectivity index (χ2v) is 10.5. The molecular weight excluding hydrogens is 535 g/mol. The van der Waals surface area contributed by atoms with Gasteiger partial charge in [-0.1, -0.05) is 0 Å². The minimum Gasteiger partial charge on any atom is -0.497 e. The van der Waals surface area contributed by atoms with Crippen molar-refractivity contribution in [1.29, 1.82) is 0 Å². The van der Waals surface area contributed by atoms with Gasteiger partial charge in [0.15, 0.2) is 5.69 Å². The van der Waals surface area contributed by atoms with E-state index in [0.717, 1.165) is 10.9 Å². The molecule has 13 heteroatoms. The molecule has 1 aliphatic heterocycles. The van der Waals surface area contributed by atoms with Gasteiger partial charge in [-0.05, 0) is 68.8 Å². The van der Waals surface area contributed by atoms with Crippen LogP contribution in [0.3, 0.4) is 0 Å². The number of carbonyl (C=O) groups is 1. The van der Waals surface area contributed by atoms with Crippen LogP contribution < -0.4 is 9.64 Å². The molecule has 0 radical (unpaired) electrons. The van der Waals surface area contributed by atoms with Gasteiger partial charge in [0, 0.05) is 36.4 Å². The number of carbonyl (C=O) groups excluding carboxylic acids is 1. The number of amidine groups is 1. The molecule has 1 aromatic heterocycles. The third-order valence-corrected chi connectivity index (χ3v) is 6.86. The summed E-state index contributed by atoms with van der Waals surface area (Å²) < 4.78 is 75.4. The van der Waals surface area contributed by atoms with Gasteiger partial charge in [0.25, 0.3) is 15.9 Å². The Bertz CT molecular complexity index is 1490. The summed E-state index contributed by atoms with van der Waals surface area (Å²) in [5.41, 5.74) is -0.138. The van der Waals surface area contributed by atoms with Crippen LogP contribution in [0, 0.1) is 0 Å². The number of methoxy groups -OCH3 is 1. The van der Waals surface area contributed by atoms with E-state index in [1.165, 1.54) is 24.1 Å². The summed E-state index contributed by atoms with van der Waals surface area (Å²) in [7, 11) is -2.21.